The van der Waals surface area contributed by atoms with Crippen LogP contribution >= 0.6 is 0 Å². The van der Waals surface area contributed by atoms with Crippen molar-refractivity contribution < 1.29 is 19.1 Å². The number of benzene rings is 3. The summed E-state index contributed by atoms with van der Waals surface area (Å²) in [6.07, 6.45) is 1.94. The zero-order valence-electron chi connectivity index (χ0n) is 19.4. The maximum atomic E-state index is 14.0. The van der Waals surface area contributed by atoms with Crippen LogP contribution in [0.3, 0.4) is 0 Å². The van der Waals surface area contributed by atoms with Crippen molar-refractivity contribution in [3.05, 3.63) is 95.6 Å². The fraction of sp³-hybridized carbons (Fsp3) is 0.286. The van der Waals surface area contributed by atoms with Crippen LogP contribution in [-0.2, 0) is 10.3 Å². The van der Waals surface area contributed by atoms with Crippen molar-refractivity contribution in [2.75, 3.05) is 26.4 Å². The Morgan fingerprint density at radius 1 is 0.857 bits per heavy atom. The van der Waals surface area contributed by atoms with Crippen molar-refractivity contribution in [3.63, 3.8) is 0 Å². The van der Waals surface area contributed by atoms with E-state index < -0.39 is 5.54 Å². The molecule has 3 amide bonds. The Balaban J connectivity index is 1.31. The third-order valence-corrected chi connectivity index (χ3v) is 7.16. The summed E-state index contributed by atoms with van der Waals surface area (Å²) in [7, 11) is 0. The normalized spacial score (nSPS) is 21.3. The van der Waals surface area contributed by atoms with Gasteiger partial charge in [0.25, 0.3) is 5.91 Å². The number of carbonyl (C=O) groups excluding carboxylic acids is 2. The van der Waals surface area contributed by atoms with E-state index in [1.54, 1.807) is 0 Å². The maximum Gasteiger partial charge on any atom is 0.326 e. The van der Waals surface area contributed by atoms with E-state index in [1.807, 2.05) is 72.8 Å². The van der Waals surface area contributed by atoms with E-state index in [2.05, 4.69) is 16.3 Å². The van der Waals surface area contributed by atoms with Crippen LogP contribution in [0, 0.1) is 0 Å². The van der Waals surface area contributed by atoms with Crippen LogP contribution in [0.1, 0.15) is 35.6 Å². The highest BCUT2D eigenvalue weighted by molar-refractivity contribution is 6.09. The number of imide groups is 1. The Morgan fingerprint density at radius 3 is 2.20 bits per heavy atom. The molecule has 0 aliphatic carbocycles. The first-order valence-corrected chi connectivity index (χ1v) is 12.1. The van der Waals surface area contributed by atoms with Crippen LogP contribution in [0.4, 0.5) is 4.79 Å². The Morgan fingerprint density at radius 2 is 1.51 bits per heavy atom. The van der Waals surface area contributed by atoms with Gasteiger partial charge in [-0.2, -0.15) is 0 Å². The molecule has 3 aliphatic heterocycles. The standard InChI is InChI=1S/C28H27N3O4/c32-26-28(21-8-3-1-4-9-21,22-10-5-2-6-11-22)29-27(33)31(26)19-30-15-7-12-23(30)20-13-14-24-25(18-20)35-17-16-34-24/h1-6,8-11,13-14,18,23H,7,12,15-17,19H2,(H,29,33)/t23-/m0/s1. The van der Waals surface area contributed by atoms with Crippen molar-refractivity contribution in [1.29, 1.82) is 0 Å². The number of carbonyl (C=O) groups is 2. The fourth-order valence-corrected chi connectivity index (χ4v) is 5.46. The van der Waals surface area contributed by atoms with Crippen LogP contribution in [0.5, 0.6) is 11.5 Å². The number of nitrogens with zero attached hydrogens (tertiary/aromatic N) is 2. The van der Waals surface area contributed by atoms with Gasteiger partial charge >= 0.3 is 6.03 Å². The van der Waals surface area contributed by atoms with Crippen molar-refractivity contribution in [2.45, 2.75) is 24.4 Å². The highest BCUT2D eigenvalue weighted by atomic mass is 16.6. The summed E-state index contributed by atoms with van der Waals surface area (Å²) in [6.45, 7) is 2.12. The van der Waals surface area contributed by atoms with Gasteiger partial charge in [0.2, 0.25) is 0 Å². The molecule has 6 rings (SSSR count). The van der Waals surface area contributed by atoms with Gasteiger partial charge in [0.15, 0.2) is 17.0 Å². The number of urea groups is 1. The van der Waals surface area contributed by atoms with Crippen LogP contribution in [0.2, 0.25) is 0 Å². The lowest BCUT2D eigenvalue weighted by molar-refractivity contribution is -0.131. The molecule has 7 nitrogen and oxygen atoms in total. The van der Waals surface area contributed by atoms with Crippen molar-refractivity contribution in [1.82, 2.24) is 15.1 Å². The lowest BCUT2D eigenvalue weighted by Gasteiger charge is -2.31. The second kappa shape index (κ2) is 8.74. The molecule has 3 aromatic carbocycles. The predicted molar refractivity (Wildman–Crippen MR) is 130 cm³/mol. The Labute approximate surface area is 204 Å². The van der Waals surface area contributed by atoms with E-state index in [1.165, 1.54) is 4.90 Å². The first-order chi connectivity index (χ1) is 17.2. The van der Waals surface area contributed by atoms with E-state index in [9.17, 15) is 9.59 Å². The van der Waals surface area contributed by atoms with Crippen LogP contribution in [0.15, 0.2) is 78.9 Å². The molecule has 0 radical (unpaired) electrons. The SMILES string of the molecule is O=C1NC(c2ccccc2)(c2ccccc2)C(=O)N1CN1CCC[C@H]1c1ccc2c(c1)OCCO2. The third kappa shape index (κ3) is 3.63. The van der Waals surface area contributed by atoms with Gasteiger partial charge in [-0.25, -0.2) is 9.69 Å². The Bertz CT molecular complexity index is 1210. The summed E-state index contributed by atoms with van der Waals surface area (Å²) >= 11 is 0. The predicted octanol–water partition coefficient (Wildman–Crippen LogP) is 4.05. The minimum atomic E-state index is -1.24. The molecule has 3 heterocycles. The summed E-state index contributed by atoms with van der Waals surface area (Å²) in [5.41, 5.74) is 1.36. The summed E-state index contributed by atoms with van der Waals surface area (Å²) < 4.78 is 11.4. The lowest BCUT2D eigenvalue weighted by atomic mass is 9.83. The maximum absolute atomic E-state index is 14.0. The number of ether oxygens (including phenoxy) is 2. The minimum Gasteiger partial charge on any atom is -0.486 e. The van der Waals surface area contributed by atoms with E-state index in [0.717, 1.165) is 47.6 Å². The van der Waals surface area contributed by atoms with Gasteiger partial charge in [-0.1, -0.05) is 66.7 Å². The second-order valence-electron chi connectivity index (χ2n) is 9.16. The Kier molecular flexibility index (Phi) is 5.41. The third-order valence-electron chi connectivity index (χ3n) is 7.16. The van der Waals surface area contributed by atoms with Gasteiger partial charge < -0.3 is 14.8 Å². The first kappa shape index (κ1) is 21.7. The number of rotatable bonds is 5. The summed E-state index contributed by atoms with van der Waals surface area (Å²) in [4.78, 5) is 30.9. The number of nitrogens with one attached hydrogen (secondary N) is 1. The molecule has 0 bridgehead atoms. The monoisotopic (exact) mass is 469 g/mol. The van der Waals surface area contributed by atoms with Crippen LogP contribution in [0.25, 0.3) is 0 Å². The average Bonchev–Trinajstić information content (AvgIpc) is 3.48. The topological polar surface area (TPSA) is 71.1 Å². The second-order valence-corrected chi connectivity index (χ2v) is 9.16. The van der Waals surface area contributed by atoms with Gasteiger partial charge in [-0.15, -0.1) is 0 Å². The molecule has 7 heteroatoms. The molecule has 2 saturated heterocycles. The number of fused-ring (bicyclic) bond motifs is 1. The quantitative estimate of drug-likeness (QED) is 0.571. The summed E-state index contributed by atoms with van der Waals surface area (Å²) in [5, 5.41) is 3.04. The number of likely N-dealkylation sites (tertiary alicyclic amines) is 1. The highest BCUT2D eigenvalue weighted by Crippen LogP contribution is 2.40. The number of hydrogen-bond donors (Lipinski definition) is 1. The molecule has 2 fully saturated rings. The zero-order chi connectivity index (χ0) is 23.8. The molecule has 178 valence electrons. The van der Waals surface area contributed by atoms with Crippen LogP contribution in [-0.4, -0.2) is 48.2 Å². The van der Waals surface area contributed by atoms with Crippen LogP contribution < -0.4 is 14.8 Å². The lowest BCUT2D eigenvalue weighted by Crippen LogP contribution is -2.46. The fourth-order valence-electron chi connectivity index (χ4n) is 5.46. The first-order valence-electron chi connectivity index (χ1n) is 12.1. The Hall–Kier alpha value is -3.84. The summed E-state index contributed by atoms with van der Waals surface area (Å²) in [6, 6.07) is 24.7. The number of amides is 3. The van der Waals surface area contributed by atoms with Gasteiger partial charge in [0.1, 0.15) is 13.2 Å². The van der Waals surface area contributed by atoms with E-state index in [4.69, 9.17) is 9.47 Å². The van der Waals surface area contributed by atoms with Gasteiger partial charge in [0, 0.05) is 12.6 Å². The van der Waals surface area contributed by atoms with E-state index in [-0.39, 0.29) is 24.6 Å². The smallest absolute Gasteiger partial charge is 0.326 e. The molecule has 0 aromatic heterocycles. The molecule has 3 aromatic rings. The highest BCUT2D eigenvalue weighted by Gasteiger charge is 2.54. The molecule has 0 unspecified atom stereocenters. The average molecular weight is 470 g/mol. The largest absolute Gasteiger partial charge is 0.486 e. The minimum absolute atomic E-state index is 0.0925. The van der Waals surface area contributed by atoms with Gasteiger partial charge in [-0.05, 0) is 41.7 Å². The van der Waals surface area contributed by atoms with Crippen molar-refractivity contribution >= 4 is 11.9 Å². The van der Waals surface area contributed by atoms with E-state index in [0.29, 0.717) is 13.2 Å². The molecular weight excluding hydrogens is 442 g/mol. The van der Waals surface area contributed by atoms with Crippen molar-refractivity contribution in [3.8, 4) is 11.5 Å². The zero-order valence-corrected chi connectivity index (χ0v) is 19.4. The molecule has 0 spiro atoms. The summed E-state index contributed by atoms with van der Waals surface area (Å²) in [5.74, 6) is 1.25. The molecular formula is C28H27N3O4. The van der Waals surface area contributed by atoms with E-state index >= 15 is 0 Å². The molecule has 3 aliphatic rings. The van der Waals surface area contributed by atoms with Gasteiger partial charge in [-0.3, -0.25) is 9.69 Å². The number of hydrogen-bond acceptors (Lipinski definition) is 5. The molecule has 1 N–H and O–H groups in total. The molecule has 1 atom stereocenters. The molecule has 35 heavy (non-hydrogen) atoms. The molecule has 0 saturated carbocycles. The van der Waals surface area contributed by atoms with Gasteiger partial charge in [0.05, 0.1) is 6.67 Å². The van der Waals surface area contributed by atoms with Crippen molar-refractivity contribution in [2.24, 2.45) is 0 Å².